The highest BCUT2D eigenvalue weighted by Crippen LogP contribution is 2.29. The molecular weight excluding hydrogens is 403 g/mol. The minimum Gasteiger partial charge on any atom is -0.386 e. The van der Waals surface area contributed by atoms with Crippen molar-refractivity contribution in [1.82, 2.24) is 10.2 Å². The van der Waals surface area contributed by atoms with E-state index in [0.717, 1.165) is 12.8 Å². The molecule has 30 heavy (non-hydrogen) atoms. The van der Waals surface area contributed by atoms with Gasteiger partial charge < -0.3 is 10.4 Å². The lowest BCUT2D eigenvalue weighted by molar-refractivity contribution is -0.123. The summed E-state index contributed by atoms with van der Waals surface area (Å²) in [6.45, 7) is 1.38. The fraction of sp³-hybridized carbons (Fsp3) is 0.458. The molecule has 160 valence electrons. The number of aliphatic hydroxyl groups is 1. The highest BCUT2D eigenvalue weighted by atomic mass is 35.5. The Labute approximate surface area is 182 Å². The van der Waals surface area contributed by atoms with E-state index in [1.54, 1.807) is 24.3 Å². The molecule has 0 bridgehead atoms. The number of alkyl halides is 1. The van der Waals surface area contributed by atoms with Crippen molar-refractivity contribution in [2.75, 3.05) is 19.6 Å². The SMILES string of the molecule is O=C(CC1Cc2ccccc2C1)N[C@H](CN1CC[C@@H](F)C1)[C@H](O)c1cccc(Cl)c1. The van der Waals surface area contributed by atoms with E-state index in [1.807, 2.05) is 17.0 Å². The van der Waals surface area contributed by atoms with Crippen LogP contribution in [0.3, 0.4) is 0 Å². The largest absolute Gasteiger partial charge is 0.386 e. The second-order valence-corrected chi connectivity index (χ2v) is 9.00. The van der Waals surface area contributed by atoms with Crippen molar-refractivity contribution in [2.45, 2.75) is 44.0 Å². The Morgan fingerprint density at radius 1 is 1.20 bits per heavy atom. The highest BCUT2D eigenvalue weighted by Gasteiger charge is 2.31. The lowest BCUT2D eigenvalue weighted by Crippen LogP contribution is -2.47. The first-order valence-electron chi connectivity index (χ1n) is 10.6. The normalized spacial score (nSPS) is 21.4. The summed E-state index contributed by atoms with van der Waals surface area (Å²) < 4.78 is 13.7. The van der Waals surface area contributed by atoms with Gasteiger partial charge in [-0.3, -0.25) is 9.69 Å². The molecule has 1 fully saturated rings. The average Bonchev–Trinajstić information content (AvgIpc) is 3.31. The third kappa shape index (κ3) is 5.20. The zero-order chi connectivity index (χ0) is 21.1. The first kappa shape index (κ1) is 21.3. The van der Waals surface area contributed by atoms with Crippen molar-refractivity contribution >= 4 is 17.5 Å². The van der Waals surface area contributed by atoms with Crippen LogP contribution in [0.4, 0.5) is 4.39 Å². The van der Waals surface area contributed by atoms with E-state index in [0.29, 0.717) is 43.1 Å². The second kappa shape index (κ2) is 9.46. The molecule has 2 N–H and O–H groups in total. The number of likely N-dealkylation sites (tertiary alicyclic amines) is 1. The number of amides is 1. The topological polar surface area (TPSA) is 52.6 Å². The van der Waals surface area contributed by atoms with Gasteiger partial charge >= 0.3 is 0 Å². The van der Waals surface area contributed by atoms with Gasteiger partial charge in [-0.2, -0.15) is 0 Å². The maximum Gasteiger partial charge on any atom is 0.220 e. The molecule has 0 unspecified atom stereocenters. The summed E-state index contributed by atoms with van der Waals surface area (Å²) in [7, 11) is 0. The summed E-state index contributed by atoms with van der Waals surface area (Å²) in [5, 5.41) is 14.6. The number of aliphatic hydroxyl groups excluding tert-OH is 1. The minimum absolute atomic E-state index is 0.0742. The molecule has 1 amide bonds. The van der Waals surface area contributed by atoms with E-state index in [1.165, 1.54) is 11.1 Å². The monoisotopic (exact) mass is 430 g/mol. The molecule has 4 nitrogen and oxygen atoms in total. The van der Waals surface area contributed by atoms with Crippen molar-refractivity contribution in [3.8, 4) is 0 Å². The molecule has 1 saturated heterocycles. The number of halogens is 2. The van der Waals surface area contributed by atoms with Gasteiger partial charge in [0.2, 0.25) is 5.91 Å². The van der Waals surface area contributed by atoms with Crippen molar-refractivity contribution in [2.24, 2.45) is 5.92 Å². The average molecular weight is 431 g/mol. The zero-order valence-electron chi connectivity index (χ0n) is 16.9. The summed E-state index contributed by atoms with van der Waals surface area (Å²) in [4.78, 5) is 14.8. The van der Waals surface area contributed by atoms with Crippen LogP contribution in [-0.2, 0) is 17.6 Å². The Bertz CT molecular complexity index is 868. The van der Waals surface area contributed by atoms with Crippen LogP contribution >= 0.6 is 11.6 Å². The number of carbonyl (C=O) groups is 1. The minimum atomic E-state index is -0.910. The maximum atomic E-state index is 13.7. The van der Waals surface area contributed by atoms with Gasteiger partial charge in [-0.05, 0) is 54.0 Å². The van der Waals surface area contributed by atoms with E-state index < -0.39 is 18.3 Å². The van der Waals surface area contributed by atoms with Gasteiger partial charge in [-0.15, -0.1) is 0 Å². The van der Waals surface area contributed by atoms with E-state index in [2.05, 4.69) is 17.4 Å². The standard InChI is InChI=1S/C24H28ClFN2O2/c25-20-7-3-6-19(13-20)24(30)22(15-28-9-8-21(26)14-28)27-23(29)12-16-10-17-4-1-2-5-18(17)11-16/h1-7,13,16,21-22,24,30H,8-12,14-15H2,(H,27,29)/t21-,22-,24-/m1/s1. The van der Waals surface area contributed by atoms with E-state index in [4.69, 9.17) is 11.6 Å². The Kier molecular flexibility index (Phi) is 6.71. The van der Waals surface area contributed by atoms with Gasteiger partial charge in [0.05, 0.1) is 6.04 Å². The predicted octanol–water partition coefficient (Wildman–Crippen LogP) is 3.71. The lowest BCUT2D eigenvalue weighted by atomic mass is 9.99. The summed E-state index contributed by atoms with van der Waals surface area (Å²) in [6.07, 6.45) is 0.961. The number of hydrogen-bond donors (Lipinski definition) is 2. The molecule has 0 spiro atoms. The molecule has 1 aliphatic heterocycles. The van der Waals surface area contributed by atoms with Crippen LogP contribution < -0.4 is 5.32 Å². The van der Waals surface area contributed by atoms with Gasteiger partial charge in [0, 0.05) is 31.1 Å². The summed E-state index contributed by atoms with van der Waals surface area (Å²) in [5.74, 6) is 0.197. The van der Waals surface area contributed by atoms with E-state index >= 15 is 0 Å². The molecule has 4 rings (SSSR count). The molecule has 1 heterocycles. The summed E-state index contributed by atoms with van der Waals surface area (Å²) in [6, 6.07) is 14.8. The molecule has 2 aromatic carbocycles. The third-order valence-corrected chi connectivity index (χ3v) is 6.43. The third-order valence-electron chi connectivity index (χ3n) is 6.20. The highest BCUT2D eigenvalue weighted by molar-refractivity contribution is 6.30. The number of hydrogen-bond acceptors (Lipinski definition) is 3. The van der Waals surface area contributed by atoms with Crippen LogP contribution in [0.15, 0.2) is 48.5 Å². The van der Waals surface area contributed by atoms with Crippen molar-refractivity contribution in [1.29, 1.82) is 0 Å². The van der Waals surface area contributed by atoms with Crippen molar-refractivity contribution in [3.05, 3.63) is 70.2 Å². The molecule has 1 aliphatic carbocycles. The molecule has 0 radical (unpaired) electrons. The van der Waals surface area contributed by atoms with Crippen LogP contribution in [0.25, 0.3) is 0 Å². The Balaban J connectivity index is 1.42. The fourth-order valence-corrected chi connectivity index (χ4v) is 4.90. The van der Waals surface area contributed by atoms with Crippen LogP contribution in [0.1, 0.15) is 35.6 Å². The van der Waals surface area contributed by atoms with Crippen LogP contribution in [0, 0.1) is 5.92 Å². The molecule has 2 aliphatic rings. The molecule has 2 aromatic rings. The predicted molar refractivity (Wildman–Crippen MR) is 116 cm³/mol. The zero-order valence-corrected chi connectivity index (χ0v) is 17.7. The van der Waals surface area contributed by atoms with Gasteiger partial charge in [0.25, 0.3) is 0 Å². The van der Waals surface area contributed by atoms with Crippen LogP contribution in [0.2, 0.25) is 5.02 Å². The molecule has 3 atom stereocenters. The first-order chi connectivity index (χ1) is 14.5. The molecule has 0 saturated carbocycles. The number of carbonyl (C=O) groups excluding carboxylic acids is 1. The van der Waals surface area contributed by atoms with Crippen molar-refractivity contribution < 1.29 is 14.3 Å². The Hall–Kier alpha value is -1.95. The second-order valence-electron chi connectivity index (χ2n) is 8.57. The molecular formula is C24H28ClFN2O2. The van der Waals surface area contributed by atoms with Gasteiger partial charge in [0.15, 0.2) is 0 Å². The Morgan fingerprint density at radius 3 is 2.57 bits per heavy atom. The van der Waals surface area contributed by atoms with E-state index in [-0.39, 0.29) is 11.8 Å². The quantitative estimate of drug-likeness (QED) is 0.704. The number of rotatable bonds is 7. The fourth-order valence-electron chi connectivity index (χ4n) is 4.70. The first-order valence-corrected chi connectivity index (χ1v) is 11.0. The summed E-state index contributed by atoms with van der Waals surface area (Å²) in [5.41, 5.74) is 3.28. The van der Waals surface area contributed by atoms with Gasteiger partial charge in [-0.1, -0.05) is 48.0 Å². The number of benzene rings is 2. The van der Waals surface area contributed by atoms with E-state index in [9.17, 15) is 14.3 Å². The van der Waals surface area contributed by atoms with Gasteiger partial charge in [0.1, 0.15) is 12.3 Å². The lowest BCUT2D eigenvalue weighted by Gasteiger charge is -2.29. The maximum absolute atomic E-state index is 13.7. The Morgan fingerprint density at radius 2 is 1.93 bits per heavy atom. The smallest absolute Gasteiger partial charge is 0.220 e. The van der Waals surface area contributed by atoms with Crippen LogP contribution in [-0.4, -0.2) is 47.8 Å². The number of nitrogens with zero attached hydrogens (tertiary/aromatic N) is 1. The molecule has 0 aromatic heterocycles. The van der Waals surface area contributed by atoms with Gasteiger partial charge in [-0.25, -0.2) is 4.39 Å². The van der Waals surface area contributed by atoms with Crippen LogP contribution in [0.5, 0.6) is 0 Å². The summed E-state index contributed by atoms with van der Waals surface area (Å²) >= 11 is 6.09. The van der Waals surface area contributed by atoms with Crippen molar-refractivity contribution in [3.63, 3.8) is 0 Å². The number of fused-ring (bicyclic) bond motifs is 1. The molecule has 6 heteroatoms. The number of nitrogens with one attached hydrogen (secondary N) is 1.